The van der Waals surface area contributed by atoms with Gasteiger partial charge in [-0.2, -0.15) is 0 Å². The minimum absolute atomic E-state index is 0.0381. The van der Waals surface area contributed by atoms with Gasteiger partial charge in [0, 0.05) is 15.1 Å². The van der Waals surface area contributed by atoms with Crippen LogP contribution in [0.1, 0.15) is 5.56 Å². The summed E-state index contributed by atoms with van der Waals surface area (Å²) in [6, 6.07) is 10.2. The first-order chi connectivity index (χ1) is 11.4. The van der Waals surface area contributed by atoms with E-state index in [1.54, 1.807) is 42.5 Å². The summed E-state index contributed by atoms with van der Waals surface area (Å²) < 4.78 is 1.29. The standard InChI is InChI=1S/C16H9Br2ClN2O2S/c17-9-5-8(14(22)12(18)7-9)6-13-15(23)21(16(24)20-13)11-3-1-10(19)2-4-11/h1-7,22H,(H,20,24). The van der Waals surface area contributed by atoms with Gasteiger partial charge >= 0.3 is 0 Å². The number of thiocarbonyl (C=S) groups is 1. The fraction of sp³-hybridized carbons (Fsp3) is 0. The Bertz CT molecular complexity index is 884. The Kier molecular flexibility index (Phi) is 4.96. The van der Waals surface area contributed by atoms with Crippen LogP contribution in [0.4, 0.5) is 5.69 Å². The van der Waals surface area contributed by atoms with Crippen molar-refractivity contribution in [2.75, 3.05) is 4.90 Å². The molecule has 0 aliphatic carbocycles. The molecule has 1 saturated heterocycles. The van der Waals surface area contributed by atoms with E-state index in [-0.39, 0.29) is 22.5 Å². The van der Waals surface area contributed by atoms with Gasteiger partial charge in [0.1, 0.15) is 11.4 Å². The smallest absolute Gasteiger partial charge is 0.281 e. The van der Waals surface area contributed by atoms with E-state index in [2.05, 4.69) is 37.2 Å². The van der Waals surface area contributed by atoms with Gasteiger partial charge < -0.3 is 10.4 Å². The van der Waals surface area contributed by atoms with Crippen molar-refractivity contribution >= 4 is 78.5 Å². The zero-order chi connectivity index (χ0) is 17.4. The summed E-state index contributed by atoms with van der Waals surface area (Å²) in [6.07, 6.45) is 1.55. The molecule has 1 aliphatic rings. The lowest BCUT2D eigenvalue weighted by Gasteiger charge is -2.13. The van der Waals surface area contributed by atoms with Gasteiger partial charge in [-0.1, -0.05) is 27.5 Å². The number of amides is 1. The molecule has 0 atom stereocenters. The van der Waals surface area contributed by atoms with E-state index >= 15 is 0 Å². The Balaban J connectivity index is 1.98. The van der Waals surface area contributed by atoms with Gasteiger partial charge in [0.05, 0.1) is 10.2 Å². The summed E-state index contributed by atoms with van der Waals surface area (Å²) >= 11 is 17.7. The van der Waals surface area contributed by atoms with Crippen LogP contribution in [0.5, 0.6) is 5.75 Å². The number of aromatic hydroxyl groups is 1. The number of nitrogens with zero attached hydrogens (tertiary/aromatic N) is 1. The molecule has 24 heavy (non-hydrogen) atoms. The van der Waals surface area contributed by atoms with E-state index in [0.717, 1.165) is 4.47 Å². The maximum atomic E-state index is 12.7. The summed E-state index contributed by atoms with van der Waals surface area (Å²) in [5.74, 6) is -0.269. The molecule has 1 fully saturated rings. The maximum absolute atomic E-state index is 12.7. The summed E-state index contributed by atoms with van der Waals surface area (Å²) in [6.45, 7) is 0. The first-order valence-corrected chi connectivity index (χ1v) is 9.05. The molecule has 0 saturated carbocycles. The topological polar surface area (TPSA) is 52.6 Å². The Hall–Kier alpha value is -1.41. The SMILES string of the molecule is O=C1C(=Cc2cc(Br)cc(Br)c2O)NC(=S)N1c1ccc(Cl)cc1. The monoisotopic (exact) mass is 486 g/mol. The molecule has 122 valence electrons. The van der Waals surface area contributed by atoms with Crippen molar-refractivity contribution in [2.24, 2.45) is 0 Å². The van der Waals surface area contributed by atoms with E-state index in [4.69, 9.17) is 23.8 Å². The van der Waals surface area contributed by atoms with Gasteiger partial charge in [-0.05, 0) is 70.6 Å². The number of rotatable bonds is 2. The minimum Gasteiger partial charge on any atom is -0.506 e. The third kappa shape index (κ3) is 3.35. The van der Waals surface area contributed by atoms with Crippen LogP contribution in [0.25, 0.3) is 6.08 Å². The highest BCUT2D eigenvalue weighted by Crippen LogP contribution is 2.33. The average molecular weight is 489 g/mol. The van der Waals surface area contributed by atoms with Crippen molar-refractivity contribution in [3.8, 4) is 5.75 Å². The molecule has 1 aliphatic heterocycles. The van der Waals surface area contributed by atoms with Crippen LogP contribution >= 0.6 is 55.7 Å². The molecule has 0 radical (unpaired) electrons. The Morgan fingerprint density at radius 3 is 2.54 bits per heavy atom. The third-order valence-electron chi connectivity index (χ3n) is 3.32. The van der Waals surface area contributed by atoms with Crippen molar-refractivity contribution in [3.05, 3.63) is 61.6 Å². The molecule has 0 bridgehead atoms. The van der Waals surface area contributed by atoms with Crippen molar-refractivity contribution in [1.82, 2.24) is 5.32 Å². The molecule has 1 heterocycles. The van der Waals surface area contributed by atoms with Gasteiger partial charge in [0.25, 0.3) is 5.91 Å². The fourth-order valence-corrected chi connectivity index (χ4v) is 3.89. The molecule has 0 unspecified atom stereocenters. The summed E-state index contributed by atoms with van der Waals surface area (Å²) in [7, 11) is 0. The molecule has 0 aromatic heterocycles. The number of carbonyl (C=O) groups is 1. The van der Waals surface area contributed by atoms with Crippen LogP contribution in [0.3, 0.4) is 0 Å². The number of halogens is 3. The second kappa shape index (κ2) is 6.84. The first-order valence-electron chi connectivity index (χ1n) is 6.67. The normalized spacial score (nSPS) is 16.0. The third-order valence-corrected chi connectivity index (χ3v) is 4.92. The Morgan fingerprint density at radius 1 is 1.21 bits per heavy atom. The van der Waals surface area contributed by atoms with Crippen molar-refractivity contribution in [1.29, 1.82) is 0 Å². The Labute approximate surface area is 165 Å². The zero-order valence-electron chi connectivity index (χ0n) is 11.9. The van der Waals surface area contributed by atoms with Crippen LogP contribution in [0.15, 0.2) is 51.0 Å². The van der Waals surface area contributed by atoms with Crippen molar-refractivity contribution in [2.45, 2.75) is 0 Å². The molecule has 2 aromatic rings. The number of phenols is 1. The Morgan fingerprint density at radius 2 is 1.88 bits per heavy atom. The highest BCUT2D eigenvalue weighted by molar-refractivity contribution is 9.11. The van der Waals surface area contributed by atoms with Crippen LogP contribution in [0.2, 0.25) is 5.02 Å². The molecular weight excluding hydrogens is 480 g/mol. The lowest BCUT2D eigenvalue weighted by atomic mass is 10.1. The average Bonchev–Trinajstić information content (AvgIpc) is 2.80. The van der Waals surface area contributed by atoms with Gasteiger partial charge in [-0.25, -0.2) is 0 Å². The second-order valence-corrected chi connectivity index (χ2v) is 7.52. The van der Waals surface area contributed by atoms with Gasteiger partial charge in [-0.3, -0.25) is 9.69 Å². The molecular formula is C16H9Br2ClN2O2S. The summed E-state index contributed by atoms with van der Waals surface area (Å²) in [4.78, 5) is 14.0. The summed E-state index contributed by atoms with van der Waals surface area (Å²) in [5, 5.41) is 13.9. The number of hydrogen-bond acceptors (Lipinski definition) is 3. The van der Waals surface area contributed by atoms with Crippen LogP contribution in [0, 0.1) is 0 Å². The molecule has 4 nitrogen and oxygen atoms in total. The highest BCUT2D eigenvalue weighted by atomic mass is 79.9. The number of carbonyl (C=O) groups excluding carboxylic acids is 1. The second-order valence-electron chi connectivity index (χ2n) is 4.93. The highest BCUT2D eigenvalue weighted by Gasteiger charge is 2.32. The lowest BCUT2D eigenvalue weighted by Crippen LogP contribution is -2.30. The lowest BCUT2D eigenvalue weighted by molar-refractivity contribution is -0.113. The number of nitrogens with one attached hydrogen (secondary N) is 1. The molecule has 8 heteroatoms. The zero-order valence-corrected chi connectivity index (χ0v) is 16.6. The minimum atomic E-state index is -0.308. The van der Waals surface area contributed by atoms with Crippen LogP contribution in [-0.2, 0) is 4.79 Å². The molecule has 1 amide bonds. The van der Waals surface area contributed by atoms with Crippen LogP contribution in [-0.4, -0.2) is 16.1 Å². The maximum Gasteiger partial charge on any atom is 0.281 e. The predicted molar refractivity (Wildman–Crippen MR) is 106 cm³/mol. The quantitative estimate of drug-likeness (QED) is 0.470. The molecule has 3 rings (SSSR count). The number of phenolic OH excluding ortho intramolecular Hbond substituents is 1. The van der Waals surface area contributed by atoms with Crippen molar-refractivity contribution < 1.29 is 9.90 Å². The van der Waals surface area contributed by atoms with E-state index in [0.29, 0.717) is 20.7 Å². The van der Waals surface area contributed by atoms with E-state index in [9.17, 15) is 9.90 Å². The van der Waals surface area contributed by atoms with E-state index in [1.165, 1.54) is 4.90 Å². The fourth-order valence-electron chi connectivity index (χ4n) is 2.21. The molecule has 0 spiro atoms. The predicted octanol–water partition coefficient (Wildman–Crippen LogP) is 4.83. The van der Waals surface area contributed by atoms with Crippen molar-refractivity contribution in [3.63, 3.8) is 0 Å². The number of hydrogen-bond donors (Lipinski definition) is 2. The number of anilines is 1. The van der Waals surface area contributed by atoms with Crippen LogP contribution < -0.4 is 10.2 Å². The van der Waals surface area contributed by atoms with Gasteiger partial charge in [0.15, 0.2) is 5.11 Å². The molecule has 2 N–H and O–H groups in total. The summed E-state index contributed by atoms with van der Waals surface area (Å²) in [5.41, 5.74) is 1.37. The van der Waals surface area contributed by atoms with Gasteiger partial charge in [0.2, 0.25) is 0 Å². The number of benzene rings is 2. The first kappa shape index (κ1) is 17.4. The van der Waals surface area contributed by atoms with E-state index < -0.39 is 0 Å². The van der Waals surface area contributed by atoms with Gasteiger partial charge in [-0.15, -0.1) is 0 Å². The van der Waals surface area contributed by atoms with E-state index in [1.807, 2.05) is 0 Å². The molecule has 2 aromatic carbocycles. The largest absolute Gasteiger partial charge is 0.506 e.